The van der Waals surface area contributed by atoms with Crippen LogP contribution in [0.1, 0.15) is 20.8 Å². The average molecular weight is 350 g/mol. The van der Waals surface area contributed by atoms with Crippen LogP contribution in [0.4, 0.5) is 0 Å². The van der Waals surface area contributed by atoms with Crippen molar-refractivity contribution in [2.24, 2.45) is 0 Å². The van der Waals surface area contributed by atoms with Gasteiger partial charge in [0.15, 0.2) is 0 Å². The Morgan fingerprint density at radius 2 is 1.50 bits per heavy atom. The zero-order valence-corrected chi connectivity index (χ0v) is 13.8. The van der Waals surface area contributed by atoms with Crippen molar-refractivity contribution < 1.29 is 6.51 Å². The summed E-state index contributed by atoms with van der Waals surface area (Å²) in [5, 5.41) is 0. The van der Waals surface area contributed by atoms with E-state index in [9.17, 15) is 0 Å². The average Bonchev–Trinajstić information content (AvgIpc) is 3.32. The van der Waals surface area contributed by atoms with Gasteiger partial charge in [0.1, 0.15) is 0 Å². The molecule has 18 heavy (non-hydrogen) atoms. The zero-order chi connectivity index (χ0) is 11.8. The van der Waals surface area contributed by atoms with E-state index in [2.05, 4.69) is 41.6 Å². The van der Waals surface area contributed by atoms with E-state index in [1.54, 1.807) is 0 Å². The molecule has 10 saturated heterocycles. The molecule has 10 aliphatic heterocycles. The second-order valence-corrected chi connectivity index (χ2v) is 36.2. The van der Waals surface area contributed by atoms with Crippen molar-refractivity contribution in [3.63, 3.8) is 0 Å². The molecule has 10 rings (SSSR count). The van der Waals surface area contributed by atoms with Crippen LogP contribution < -0.4 is 0 Å². The summed E-state index contributed by atoms with van der Waals surface area (Å²) in [6, 6.07) is 0. The predicted molar refractivity (Wildman–Crippen MR) is 71.9 cm³/mol. The number of fused-ring (bicyclic) bond motifs is 10. The van der Waals surface area contributed by atoms with E-state index < -0.39 is 6.51 Å². The summed E-state index contributed by atoms with van der Waals surface area (Å²) in [4.78, 5) is 12.7. The first-order chi connectivity index (χ1) is 8.35. The summed E-state index contributed by atoms with van der Waals surface area (Å²) in [5.74, 6) is 0. The SMILES string of the molecule is CCN(CC)[C]12[CH]3[CH]4[C]5(C)[C]1(Br)[Fe]43521678[CH]2[CH]1[CH]6[CH]7[CH]28. The molecule has 0 saturated carbocycles. The van der Waals surface area contributed by atoms with Crippen LogP contribution in [0.5, 0.6) is 0 Å². The van der Waals surface area contributed by atoms with Crippen LogP contribution in [-0.2, 0) is 6.51 Å². The number of hydrogen-bond acceptors (Lipinski definition) is 1. The molecule has 1 spiro atoms. The number of hydrogen-bond donors (Lipinski definition) is 0. The monoisotopic (exact) mass is 349 g/mol. The molecule has 0 radical (unpaired) electrons. The molecule has 0 aromatic heterocycles. The molecule has 10 heterocycles. The Labute approximate surface area is 106 Å². The molecule has 10 fully saturated rings. The maximum absolute atomic E-state index is 4.59. The zero-order valence-electron chi connectivity index (χ0n) is 11.1. The summed E-state index contributed by atoms with van der Waals surface area (Å²) < 4.78 is 2.60. The Bertz CT molecular complexity index is 1030. The Hall–Kier alpha value is 0.959. The molecule has 0 N–H and O–H groups in total. The van der Waals surface area contributed by atoms with Gasteiger partial charge in [0.2, 0.25) is 0 Å². The van der Waals surface area contributed by atoms with E-state index in [0.717, 1.165) is 12.0 Å². The second kappa shape index (κ2) is 0.638. The van der Waals surface area contributed by atoms with E-state index in [1.807, 2.05) is 0 Å². The first-order valence-corrected chi connectivity index (χ1v) is 14.9. The Morgan fingerprint density at radius 3 is 1.67 bits per heavy atom. The van der Waals surface area contributed by atoms with Crippen molar-refractivity contribution in [3.8, 4) is 0 Å². The Balaban J connectivity index is 1.66. The Morgan fingerprint density at radius 1 is 1.00 bits per heavy atom. The molecule has 0 bridgehead atoms. The van der Waals surface area contributed by atoms with Crippen molar-refractivity contribution >= 4 is 15.9 Å². The van der Waals surface area contributed by atoms with Gasteiger partial charge in [-0.15, -0.1) is 0 Å². The van der Waals surface area contributed by atoms with Crippen LogP contribution >= 0.6 is 15.9 Å². The molecule has 10 aliphatic rings. The van der Waals surface area contributed by atoms with E-state index >= 15 is 0 Å². The molecule has 0 aliphatic carbocycles. The summed E-state index contributed by atoms with van der Waals surface area (Å²) >= 11 is 4.59. The molecular weight excluding hydrogens is 330 g/mol. The van der Waals surface area contributed by atoms with Crippen LogP contribution in [0, 0.1) is 0 Å². The van der Waals surface area contributed by atoms with E-state index in [0.29, 0.717) is 0 Å². The molecule has 3 heteroatoms. The fourth-order valence-electron chi connectivity index (χ4n) is 19.1. The van der Waals surface area contributed by atoms with E-state index in [4.69, 9.17) is 0 Å². The minimum absolute atomic E-state index is 0.790. The minimum atomic E-state index is -3.16. The molecule has 0 amide bonds. The van der Waals surface area contributed by atoms with Crippen LogP contribution in [0.15, 0.2) is 0 Å². The van der Waals surface area contributed by atoms with Gasteiger partial charge < -0.3 is 0 Å². The van der Waals surface area contributed by atoms with Gasteiger partial charge in [-0.2, -0.15) is 0 Å². The van der Waals surface area contributed by atoms with Gasteiger partial charge in [0, 0.05) is 0 Å². The third kappa shape index (κ3) is 0.0680. The quantitative estimate of drug-likeness (QED) is 0.541. The summed E-state index contributed by atoms with van der Waals surface area (Å²) in [5.41, 5.74) is 0. The van der Waals surface area contributed by atoms with Crippen LogP contribution in [-0.4, -0.2) is 25.6 Å². The number of halogens is 1. The molecule has 5 unspecified atom stereocenters. The standard InChI is InChI=1S/C10H15BrN.C5H5.Fe/c1-4-12(5-2)9-7-6-8(3)10(9)11;1-2-4-5-3-1;/h6-7H,4-5H2,1-3H3;1-5H;. The topological polar surface area (TPSA) is 3.24 Å². The first-order valence-electron chi connectivity index (χ1n) is 8.00. The maximum atomic E-state index is 4.59. The van der Waals surface area contributed by atoms with Gasteiger partial charge >= 0.3 is 107 Å². The fourth-order valence-corrected chi connectivity index (χ4v) is 109. The van der Waals surface area contributed by atoms with Crippen molar-refractivity contribution in [3.05, 3.63) is 0 Å². The van der Waals surface area contributed by atoms with Gasteiger partial charge in [-0.05, 0) is 0 Å². The summed E-state index contributed by atoms with van der Waals surface area (Å²) in [6.07, 6.45) is 0. The van der Waals surface area contributed by atoms with Gasteiger partial charge in [0.05, 0.1) is 0 Å². The van der Waals surface area contributed by atoms with Crippen molar-refractivity contribution in [1.82, 2.24) is 4.90 Å². The molecular formula is C15H20BrFeN. The van der Waals surface area contributed by atoms with Crippen LogP contribution in [0.2, 0.25) is 38.0 Å². The molecule has 100 valence electrons. The van der Waals surface area contributed by atoms with Gasteiger partial charge in [-0.25, -0.2) is 0 Å². The third-order valence-corrected chi connectivity index (χ3v) is 68.5. The Kier molecular flexibility index (Phi) is 0.277. The summed E-state index contributed by atoms with van der Waals surface area (Å²) in [6.45, 7) is 7.20. The number of alkyl halides is 1. The fraction of sp³-hybridized carbons (Fsp3) is 1.00. The predicted octanol–water partition coefficient (Wildman–Crippen LogP) is 4.32. The van der Waals surface area contributed by atoms with Crippen molar-refractivity contribution in [2.45, 2.75) is 66.5 Å². The first kappa shape index (κ1) is 7.82. The normalized spacial score (nSPS) is 122. The van der Waals surface area contributed by atoms with Gasteiger partial charge in [0.25, 0.3) is 0 Å². The van der Waals surface area contributed by atoms with E-state index in [-0.39, 0.29) is 0 Å². The number of rotatable bonds is 3. The van der Waals surface area contributed by atoms with E-state index in [1.165, 1.54) is 46.8 Å². The van der Waals surface area contributed by atoms with Gasteiger partial charge in [-0.3, -0.25) is 0 Å². The van der Waals surface area contributed by atoms with Crippen molar-refractivity contribution in [2.75, 3.05) is 13.1 Å². The third-order valence-electron chi connectivity index (χ3n) is 16.7. The summed E-state index contributed by atoms with van der Waals surface area (Å²) in [7, 11) is 0. The number of nitrogens with zero attached hydrogens (tertiary/aromatic N) is 1. The molecule has 1 nitrogen and oxygen atoms in total. The van der Waals surface area contributed by atoms with Crippen LogP contribution in [0.3, 0.4) is 0 Å². The van der Waals surface area contributed by atoms with Gasteiger partial charge in [-0.1, -0.05) is 0 Å². The molecule has 0 aromatic carbocycles. The van der Waals surface area contributed by atoms with Crippen LogP contribution in [0.25, 0.3) is 0 Å². The van der Waals surface area contributed by atoms with Crippen molar-refractivity contribution in [1.29, 1.82) is 0 Å². The molecule has 0 aromatic rings. The second-order valence-electron chi connectivity index (χ2n) is 11.2. The molecule has 5 atom stereocenters.